The minimum atomic E-state index is -0.742. The molecule has 0 spiro atoms. The maximum absolute atomic E-state index is 12.9. The van der Waals surface area contributed by atoms with Gasteiger partial charge in [-0.2, -0.15) is 11.8 Å². The highest BCUT2D eigenvalue weighted by Crippen LogP contribution is 2.29. The second-order valence-corrected chi connectivity index (χ2v) is 8.09. The van der Waals surface area contributed by atoms with Gasteiger partial charge in [0.15, 0.2) is 11.5 Å². The Morgan fingerprint density at radius 1 is 1.24 bits per heavy atom. The first-order chi connectivity index (χ1) is 16.0. The lowest BCUT2D eigenvalue weighted by atomic mass is 10.2. The second-order valence-electron chi connectivity index (χ2n) is 7.10. The molecule has 176 valence electrons. The minimum Gasteiger partial charge on any atom is -0.493 e. The molecule has 0 bridgehead atoms. The fourth-order valence-electron chi connectivity index (χ4n) is 3.21. The average molecular weight is 475 g/mol. The number of hydrogen-bond donors (Lipinski definition) is 2. The lowest BCUT2D eigenvalue weighted by Crippen LogP contribution is -2.48. The van der Waals surface area contributed by atoms with Gasteiger partial charge in [0.2, 0.25) is 11.8 Å². The van der Waals surface area contributed by atoms with Crippen molar-refractivity contribution in [2.24, 2.45) is 0 Å². The molecule has 3 aromatic rings. The maximum Gasteiger partial charge on any atom is 0.261 e. The molecule has 0 radical (unpaired) electrons. The van der Waals surface area contributed by atoms with Gasteiger partial charge in [-0.1, -0.05) is 0 Å². The molecule has 11 heteroatoms. The molecule has 0 saturated heterocycles. The zero-order valence-corrected chi connectivity index (χ0v) is 19.4. The van der Waals surface area contributed by atoms with E-state index in [0.717, 1.165) is 0 Å². The van der Waals surface area contributed by atoms with Crippen LogP contribution >= 0.6 is 11.8 Å². The summed E-state index contributed by atoms with van der Waals surface area (Å²) in [7, 11) is 2.96. The Morgan fingerprint density at radius 2 is 2.00 bits per heavy atom. The van der Waals surface area contributed by atoms with E-state index < -0.39 is 17.5 Å². The lowest BCUT2D eigenvalue weighted by Gasteiger charge is -2.18. The number of carbonyl (C=O) groups is 2. The number of thioether (sulfide) groups is 1. The van der Waals surface area contributed by atoms with Crippen LogP contribution in [-0.2, 0) is 22.7 Å². The highest BCUT2D eigenvalue weighted by molar-refractivity contribution is 7.98. The monoisotopic (exact) mass is 474 g/mol. The number of aromatic nitrogens is 2. The van der Waals surface area contributed by atoms with Crippen molar-refractivity contribution in [3.05, 3.63) is 53.0 Å². The quantitative estimate of drug-likeness (QED) is 0.429. The summed E-state index contributed by atoms with van der Waals surface area (Å²) in [6.45, 7) is -0.0613. The Kier molecular flexibility index (Phi) is 8.36. The van der Waals surface area contributed by atoms with Crippen molar-refractivity contribution in [1.82, 2.24) is 20.2 Å². The van der Waals surface area contributed by atoms with Crippen molar-refractivity contribution in [3.8, 4) is 11.5 Å². The van der Waals surface area contributed by atoms with Gasteiger partial charge in [0.1, 0.15) is 18.3 Å². The molecule has 2 N–H and O–H groups in total. The van der Waals surface area contributed by atoms with Gasteiger partial charge in [-0.25, -0.2) is 4.98 Å². The first kappa shape index (κ1) is 24.2. The fraction of sp³-hybridized carbons (Fsp3) is 0.364. The van der Waals surface area contributed by atoms with E-state index in [4.69, 9.17) is 13.9 Å². The van der Waals surface area contributed by atoms with Gasteiger partial charge < -0.3 is 24.5 Å². The summed E-state index contributed by atoms with van der Waals surface area (Å²) in [6, 6.07) is 5.87. The first-order valence-electron chi connectivity index (χ1n) is 10.2. The normalized spacial score (nSPS) is 11.7. The number of furan rings is 1. The van der Waals surface area contributed by atoms with Crippen LogP contribution in [0.25, 0.3) is 10.9 Å². The molecule has 3 rings (SSSR count). The molecular weight excluding hydrogens is 448 g/mol. The van der Waals surface area contributed by atoms with E-state index in [1.165, 1.54) is 37.4 Å². The van der Waals surface area contributed by atoms with Crippen LogP contribution in [0.15, 0.2) is 46.1 Å². The molecule has 0 saturated carbocycles. The number of carbonyl (C=O) groups excluding carboxylic acids is 2. The van der Waals surface area contributed by atoms with Gasteiger partial charge >= 0.3 is 0 Å². The summed E-state index contributed by atoms with van der Waals surface area (Å²) in [6.07, 6.45) is 5.18. The van der Waals surface area contributed by atoms with Crippen LogP contribution in [0.2, 0.25) is 0 Å². The summed E-state index contributed by atoms with van der Waals surface area (Å²) in [5.41, 5.74) is 0.0171. The topological polar surface area (TPSA) is 125 Å². The zero-order valence-electron chi connectivity index (χ0n) is 18.6. The van der Waals surface area contributed by atoms with Crippen LogP contribution in [0.1, 0.15) is 12.2 Å². The van der Waals surface area contributed by atoms with Crippen LogP contribution in [-0.4, -0.2) is 53.6 Å². The second kappa shape index (κ2) is 11.4. The molecule has 1 atom stereocenters. The summed E-state index contributed by atoms with van der Waals surface area (Å²) < 4.78 is 16.9. The molecule has 1 aromatic carbocycles. The average Bonchev–Trinajstić information content (AvgIpc) is 3.35. The Hall–Kier alpha value is -3.47. The van der Waals surface area contributed by atoms with Gasteiger partial charge in [0, 0.05) is 6.07 Å². The van der Waals surface area contributed by atoms with E-state index >= 15 is 0 Å². The third-order valence-corrected chi connectivity index (χ3v) is 5.57. The molecule has 0 aliphatic rings. The number of ether oxygens (including phenoxy) is 2. The molecule has 2 heterocycles. The molecule has 10 nitrogen and oxygen atoms in total. The van der Waals surface area contributed by atoms with Crippen molar-refractivity contribution in [2.45, 2.75) is 25.6 Å². The van der Waals surface area contributed by atoms with Crippen LogP contribution in [0.5, 0.6) is 11.5 Å². The number of nitrogens with one attached hydrogen (secondary N) is 2. The molecule has 2 aromatic heterocycles. The number of methoxy groups -OCH3 is 2. The Labute approximate surface area is 194 Å². The molecule has 33 heavy (non-hydrogen) atoms. The SMILES string of the molecule is COc1cc2ncn(CC(=O)N[C@@H](CCSC)C(=O)NCc3ccco3)c(=O)c2cc1OC. The summed E-state index contributed by atoms with van der Waals surface area (Å²) in [5.74, 6) is 1.32. The predicted octanol–water partition coefficient (Wildman–Crippen LogP) is 1.56. The summed E-state index contributed by atoms with van der Waals surface area (Å²) >= 11 is 1.57. The van der Waals surface area contributed by atoms with Crippen LogP contribution < -0.4 is 25.7 Å². The molecule has 2 amide bonds. The van der Waals surface area contributed by atoms with Crippen molar-refractivity contribution < 1.29 is 23.5 Å². The maximum atomic E-state index is 12.9. The first-order valence-corrected chi connectivity index (χ1v) is 11.6. The van der Waals surface area contributed by atoms with Crippen molar-refractivity contribution in [2.75, 3.05) is 26.2 Å². The van der Waals surface area contributed by atoms with E-state index in [-0.39, 0.29) is 24.4 Å². The number of fused-ring (bicyclic) bond motifs is 1. The summed E-state index contributed by atoms with van der Waals surface area (Å²) in [5, 5.41) is 5.77. The number of benzene rings is 1. The van der Waals surface area contributed by atoms with E-state index in [9.17, 15) is 14.4 Å². The van der Waals surface area contributed by atoms with Crippen LogP contribution in [0.3, 0.4) is 0 Å². The Balaban J connectivity index is 1.72. The van der Waals surface area contributed by atoms with Gasteiger partial charge in [0.05, 0.1) is 44.3 Å². The van der Waals surface area contributed by atoms with Crippen molar-refractivity contribution in [1.29, 1.82) is 0 Å². The number of rotatable bonds is 11. The van der Waals surface area contributed by atoms with Crippen molar-refractivity contribution in [3.63, 3.8) is 0 Å². The summed E-state index contributed by atoms with van der Waals surface area (Å²) in [4.78, 5) is 42.5. The predicted molar refractivity (Wildman–Crippen MR) is 125 cm³/mol. The number of nitrogens with zero attached hydrogens (tertiary/aromatic N) is 2. The van der Waals surface area contributed by atoms with E-state index in [1.807, 2.05) is 6.26 Å². The standard InChI is InChI=1S/C22H26N4O6S/c1-30-18-9-15-17(10-19(18)31-2)24-13-26(22(15)29)12-20(27)25-16(6-8-33-3)21(28)23-11-14-5-4-7-32-14/h4-5,7,9-10,13,16H,6,8,11-12H2,1-3H3,(H,23,28)(H,25,27)/t16-/m0/s1. The molecule has 0 aliphatic heterocycles. The minimum absolute atomic E-state index is 0.219. The fourth-order valence-corrected chi connectivity index (χ4v) is 3.68. The van der Waals surface area contributed by atoms with Gasteiger partial charge in [-0.15, -0.1) is 0 Å². The smallest absolute Gasteiger partial charge is 0.261 e. The van der Waals surface area contributed by atoms with Gasteiger partial charge in [-0.3, -0.25) is 19.0 Å². The lowest BCUT2D eigenvalue weighted by molar-refractivity contribution is -0.129. The zero-order chi connectivity index (χ0) is 23.8. The third kappa shape index (κ3) is 6.07. The highest BCUT2D eigenvalue weighted by Gasteiger charge is 2.21. The highest BCUT2D eigenvalue weighted by atomic mass is 32.2. The van der Waals surface area contributed by atoms with Gasteiger partial charge in [0.25, 0.3) is 5.56 Å². The molecule has 0 aliphatic carbocycles. The number of amides is 2. The largest absolute Gasteiger partial charge is 0.493 e. The van der Waals surface area contributed by atoms with E-state index in [0.29, 0.717) is 34.9 Å². The van der Waals surface area contributed by atoms with E-state index in [2.05, 4.69) is 15.6 Å². The number of hydrogen-bond acceptors (Lipinski definition) is 8. The molecular formula is C22H26N4O6S. The van der Waals surface area contributed by atoms with Crippen molar-refractivity contribution >= 4 is 34.5 Å². The van der Waals surface area contributed by atoms with Gasteiger partial charge in [-0.05, 0) is 36.6 Å². The van der Waals surface area contributed by atoms with Crippen LogP contribution in [0, 0.1) is 0 Å². The molecule has 0 fully saturated rings. The Morgan fingerprint density at radius 3 is 2.67 bits per heavy atom. The molecule has 0 unspecified atom stereocenters. The third-order valence-electron chi connectivity index (χ3n) is 4.92. The van der Waals surface area contributed by atoms with E-state index in [1.54, 1.807) is 30.0 Å². The Bertz CT molecular complexity index is 1160. The van der Waals surface area contributed by atoms with Crippen LogP contribution in [0.4, 0.5) is 0 Å².